The van der Waals surface area contributed by atoms with E-state index in [-0.39, 0.29) is 6.42 Å². The average molecular weight is 498 g/mol. The fraction of sp³-hybridized carbons (Fsp3) is 0.969. The first-order valence-corrected chi connectivity index (χ1v) is 16.1. The van der Waals surface area contributed by atoms with Gasteiger partial charge in [0.2, 0.25) is 0 Å². The van der Waals surface area contributed by atoms with Crippen LogP contribution in [0.2, 0.25) is 0 Å². The van der Waals surface area contributed by atoms with Gasteiger partial charge in [0.25, 0.3) is 0 Å². The molecule has 0 bridgehead atoms. The maximum Gasteiger partial charge on any atom is 0.303 e. The van der Waals surface area contributed by atoms with Gasteiger partial charge in [-0.2, -0.15) is 0 Å². The summed E-state index contributed by atoms with van der Waals surface area (Å²) in [5.41, 5.74) is 5.01. The summed E-state index contributed by atoms with van der Waals surface area (Å²) in [6, 6.07) is 0. The van der Waals surface area contributed by atoms with E-state index < -0.39 is 5.97 Å². The number of carboxylic acids is 1. The Hall–Kier alpha value is -0.570. The molecule has 0 aliphatic heterocycles. The van der Waals surface area contributed by atoms with Crippen molar-refractivity contribution in [1.82, 2.24) is 0 Å². The lowest BCUT2D eigenvalue weighted by Crippen LogP contribution is -2.02. The average Bonchev–Trinajstić information content (AvgIpc) is 2.85. The van der Waals surface area contributed by atoms with Crippen LogP contribution in [0.5, 0.6) is 0 Å². The Kier molecular flexibility index (Phi) is 37.2. The number of unbranched alkanes of at least 4 members (excludes halogenated alkanes) is 25. The number of nitrogens with two attached hydrogens (primary N) is 1. The zero-order valence-corrected chi connectivity index (χ0v) is 24.4. The molecule has 0 aromatic carbocycles. The highest BCUT2D eigenvalue weighted by Gasteiger charge is 1.96. The largest absolute Gasteiger partial charge is 0.481 e. The van der Waals surface area contributed by atoms with Crippen LogP contribution in [0.15, 0.2) is 0 Å². The zero-order valence-electron chi connectivity index (χ0n) is 24.4. The molecule has 0 atom stereocenters. The molecule has 35 heavy (non-hydrogen) atoms. The number of carbonyl (C=O) groups is 1. The lowest BCUT2D eigenvalue weighted by molar-refractivity contribution is -0.137. The van der Waals surface area contributed by atoms with Crippen LogP contribution in [-0.4, -0.2) is 17.6 Å². The molecule has 0 fully saturated rings. The number of hydrogen-bond acceptors (Lipinski definition) is 2. The Bertz CT molecular complexity index is 347. The van der Waals surface area contributed by atoms with Gasteiger partial charge in [-0.1, -0.05) is 181 Å². The molecule has 0 amide bonds. The van der Waals surface area contributed by atoms with Gasteiger partial charge in [-0.3, -0.25) is 4.79 Å². The molecule has 0 unspecified atom stereocenters. The van der Waals surface area contributed by atoms with Gasteiger partial charge >= 0.3 is 5.97 Å². The third kappa shape index (κ3) is 40.9. The molecule has 0 aromatic heterocycles. The van der Waals surface area contributed by atoms with Crippen LogP contribution in [-0.2, 0) is 4.79 Å². The number of aliphatic carboxylic acids is 1. The van der Waals surface area contributed by atoms with Crippen LogP contribution < -0.4 is 5.73 Å². The molecule has 0 spiro atoms. The summed E-state index contributed by atoms with van der Waals surface area (Å²) in [4.78, 5) is 9.70. The van der Waals surface area contributed by atoms with Crippen LogP contribution in [0.3, 0.4) is 0 Å². The van der Waals surface area contributed by atoms with Gasteiger partial charge in [-0.25, -0.2) is 0 Å². The molecule has 3 nitrogen and oxygen atoms in total. The lowest BCUT2D eigenvalue weighted by Gasteiger charge is -2.04. The van der Waals surface area contributed by atoms with E-state index in [4.69, 9.17) is 10.8 Å². The van der Waals surface area contributed by atoms with Gasteiger partial charge in [-0.05, 0) is 13.0 Å². The van der Waals surface area contributed by atoms with Gasteiger partial charge in [0.1, 0.15) is 0 Å². The molecular formula is C32H67NO2. The molecule has 212 valence electrons. The van der Waals surface area contributed by atoms with Crippen LogP contribution in [0, 0.1) is 0 Å². The molecule has 0 saturated carbocycles. The number of carboxylic acid groups (broad SMARTS) is 1. The Morgan fingerprint density at radius 3 is 0.743 bits per heavy atom. The van der Waals surface area contributed by atoms with E-state index in [1.54, 1.807) is 0 Å². The predicted octanol–water partition coefficient (Wildman–Crippen LogP) is 11.0. The SMILES string of the molecule is CCCCCCCCCCCCCCCCCCCCCCCCCCCC.NCCCC(=O)O. The maximum atomic E-state index is 9.70. The Morgan fingerprint density at radius 1 is 0.429 bits per heavy atom. The Balaban J connectivity index is 0. The second kappa shape index (κ2) is 35.6. The van der Waals surface area contributed by atoms with Gasteiger partial charge in [0.15, 0.2) is 0 Å². The second-order valence-corrected chi connectivity index (χ2v) is 10.8. The van der Waals surface area contributed by atoms with E-state index in [0.717, 1.165) is 0 Å². The molecule has 0 aromatic rings. The van der Waals surface area contributed by atoms with Crippen molar-refractivity contribution < 1.29 is 9.90 Å². The lowest BCUT2D eigenvalue weighted by atomic mass is 10.0. The molecule has 3 heteroatoms. The second-order valence-electron chi connectivity index (χ2n) is 10.8. The summed E-state index contributed by atoms with van der Waals surface area (Å²) in [5.74, 6) is -0.773. The minimum absolute atomic E-state index is 0.191. The molecular weight excluding hydrogens is 430 g/mol. The summed E-state index contributed by atoms with van der Waals surface area (Å²) >= 11 is 0. The van der Waals surface area contributed by atoms with Gasteiger partial charge in [0, 0.05) is 6.42 Å². The van der Waals surface area contributed by atoms with Crippen molar-refractivity contribution in [1.29, 1.82) is 0 Å². The Morgan fingerprint density at radius 2 is 0.629 bits per heavy atom. The van der Waals surface area contributed by atoms with Crippen molar-refractivity contribution >= 4 is 5.97 Å². The van der Waals surface area contributed by atoms with E-state index in [2.05, 4.69) is 13.8 Å². The normalized spacial score (nSPS) is 10.8. The highest BCUT2D eigenvalue weighted by Crippen LogP contribution is 2.15. The molecule has 3 N–H and O–H groups in total. The first-order valence-electron chi connectivity index (χ1n) is 16.1. The molecule has 0 aliphatic carbocycles. The van der Waals surface area contributed by atoms with Crippen LogP contribution in [0.4, 0.5) is 0 Å². The standard InChI is InChI=1S/C28H58.C4H9NO2/c1-3-5-7-9-11-13-15-17-19-21-23-25-27-28-26-24-22-20-18-16-14-12-10-8-6-4-2;5-3-1-2-4(6)7/h3-28H2,1-2H3;1-3,5H2,(H,6,7). The fourth-order valence-electron chi connectivity index (χ4n) is 4.64. The van der Waals surface area contributed by atoms with Crippen molar-refractivity contribution in [3.05, 3.63) is 0 Å². The summed E-state index contributed by atoms with van der Waals surface area (Å²) in [5, 5.41) is 7.99. The van der Waals surface area contributed by atoms with E-state index >= 15 is 0 Å². The van der Waals surface area contributed by atoms with Crippen LogP contribution >= 0.6 is 0 Å². The van der Waals surface area contributed by atoms with Gasteiger partial charge in [-0.15, -0.1) is 0 Å². The summed E-state index contributed by atoms with van der Waals surface area (Å²) in [6.45, 7) is 5.07. The van der Waals surface area contributed by atoms with Crippen molar-refractivity contribution in [3.63, 3.8) is 0 Å². The number of hydrogen-bond donors (Lipinski definition) is 2. The molecule has 0 heterocycles. The van der Waals surface area contributed by atoms with Crippen molar-refractivity contribution in [2.24, 2.45) is 5.73 Å². The molecule has 0 rings (SSSR count). The van der Waals surface area contributed by atoms with Crippen LogP contribution in [0.25, 0.3) is 0 Å². The number of rotatable bonds is 28. The third-order valence-corrected chi connectivity index (χ3v) is 7.05. The quantitative estimate of drug-likeness (QED) is 0.106. The highest BCUT2D eigenvalue weighted by atomic mass is 16.4. The van der Waals surface area contributed by atoms with Gasteiger partial charge in [0.05, 0.1) is 0 Å². The highest BCUT2D eigenvalue weighted by molar-refractivity contribution is 5.66. The fourth-order valence-corrected chi connectivity index (χ4v) is 4.64. The van der Waals surface area contributed by atoms with E-state index in [1.807, 2.05) is 0 Å². The van der Waals surface area contributed by atoms with Crippen LogP contribution in [0.1, 0.15) is 194 Å². The summed E-state index contributed by atoms with van der Waals surface area (Å²) in [7, 11) is 0. The Labute approximate surface area is 221 Å². The first kappa shape index (κ1) is 36.6. The van der Waals surface area contributed by atoms with E-state index in [1.165, 1.54) is 167 Å². The minimum Gasteiger partial charge on any atom is -0.481 e. The van der Waals surface area contributed by atoms with E-state index in [0.29, 0.717) is 13.0 Å². The van der Waals surface area contributed by atoms with Crippen molar-refractivity contribution in [2.75, 3.05) is 6.54 Å². The first-order chi connectivity index (χ1) is 17.2. The summed E-state index contributed by atoms with van der Waals surface area (Å²) in [6.07, 6.45) is 39.2. The monoisotopic (exact) mass is 498 g/mol. The zero-order chi connectivity index (χ0) is 26.1. The predicted molar refractivity (Wildman–Crippen MR) is 157 cm³/mol. The smallest absolute Gasteiger partial charge is 0.303 e. The molecule has 0 aliphatic rings. The van der Waals surface area contributed by atoms with Crippen molar-refractivity contribution in [2.45, 2.75) is 194 Å². The van der Waals surface area contributed by atoms with E-state index in [9.17, 15) is 4.79 Å². The van der Waals surface area contributed by atoms with Gasteiger partial charge < -0.3 is 10.8 Å². The minimum atomic E-state index is -0.773. The topological polar surface area (TPSA) is 63.3 Å². The van der Waals surface area contributed by atoms with Crippen molar-refractivity contribution in [3.8, 4) is 0 Å². The molecule has 0 saturated heterocycles. The summed E-state index contributed by atoms with van der Waals surface area (Å²) < 4.78 is 0. The molecule has 0 radical (unpaired) electrons. The third-order valence-electron chi connectivity index (χ3n) is 7.05. The maximum absolute atomic E-state index is 9.70.